The van der Waals surface area contributed by atoms with E-state index >= 15 is 0 Å². The van der Waals surface area contributed by atoms with Crippen LogP contribution in [-0.2, 0) is 12.0 Å². The van der Waals surface area contributed by atoms with Gasteiger partial charge in [0, 0.05) is 30.1 Å². The van der Waals surface area contributed by atoms with Crippen LogP contribution in [0.25, 0.3) is 0 Å². The van der Waals surface area contributed by atoms with Gasteiger partial charge in [0.15, 0.2) is 16.6 Å². The fourth-order valence-corrected chi connectivity index (χ4v) is 3.94. The van der Waals surface area contributed by atoms with Gasteiger partial charge < -0.3 is 11.5 Å². The van der Waals surface area contributed by atoms with Gasteiger partial charge in [0.25, 0.3) is 5.91 Å². The van der Waals surface area contributed by atoms with E-state index in [1.54, 1.807) is 6.07 Å². The number of nitrogens with two attached hydrogens (primary N) is 2. The van der Waals surface area contributed by atoms with E-state index in [1.807, 2.05) is 6.92 Å². The first-order valence-electron chi connectivity index (χ1n) is 8.21. The lowest BCUT2D eigenvalue weighted by atomic mass is 9.87. The van der Waals surface area contributed by atoms with Crippen LogP contribution >= 0.6 is 11.8 Å². The molecule has 0 bridgehead atoms. The molecule has 1 atom stereocenters. The van der Waals surface area contributed by atoms with Crippen molar-refractivity contribution in [1.29, 1.82) is 0 Å². The number of benzene rings is 1. The lowest BCUT2D eigenvalue weighted by molar-refractivity contribution is 0.0955. The lowest BCUT2D eigenvalue weighted by Gasteiger charge is -2.30. The molecule has 0 fully saturated rings. The number of aromatic nitrogens is 2. The maximum absolute atomic E-state index is 14.5. The van der Waals surface area contributed by atoms with Crippen molar-refractivity contribution in [1.82, 2.24) is 9.97 Å². The SMILES string of the molecule is C[C@@]1(c2cc(CC(=O)c3nccnc3C(N)=O)ccc2F)CCSC(N)=N1. The molecule has 0 radical (unpaired) electrons. The molecule has 9 heteroatoms. The maximum atomic E-state index is 14.5. The summed E-state index contributed by atoms with van der Waals surface area (Å²) in [6.45, 7) is 1.82. The maximum Gasteiger partial charge on any atom is 0.269 e. The summed E-state index contributed by atoms with van der Waals surface area (Å²) in [5.41, 5.74) is 10.9. The van der Waals surface area contributed by atoms with E-state index in [0.717, 1.165) is 5.75 Å². The zero-order chi connectivity index (χ0) is 19.6. The molecule has 1 aliphatic heterocycles. The largest absolute Gasteiger partial charge is 0.379 e. The zero-order valence-electron chi connectivity index (χ0n) is 14.6. The number of halogens is 1. The molecule has 1 aromatic carbocycles. The van der Waals surface area contributed by atoms with Crippen molar-refractivity contribution in [2.75, 3.05) is 5.75 Å². The second kappa shape index (κ2) is 7.43. The minimum absolute atomic E-state index is 0.0731. The number of ketones is 1. The number of thioether (sulfide) groups is 1. The van der Waals surface area contributed by atoms with E-state index in [0.29, 0.717) is 22.7 Å². The highest BCUT2D eigenvalue weighted by molar-refractivity contribution is 8.13. The highest BCUT2D eigenvalue weighted by Gasteiger charge is 2.32. The first-order valence-corrected chi connectivity index (χ1v) is 9.20. The Hall–Kier alpha value is -2.81. The second-order valence-corrected chi connectivity index (χ2v) is 7.47. The van der Waals surface area contributed by atoms with Crippen LogP contribution in [0.2, 0.25) is 0 Å². The summed E-state index contributed by atoms with van der Waals surface area (Å²) < 4.78 is 14.5. The van der Waals surface area contributed by atoms with Crippen LogP contribution in [0.5, 0.6) is 0 Å². The average Bonchev–Trinajstić information content (AvgIpc) is 2.63. The molecular formula is C18H18FN5O2S. The molecule has 1 aromatic heterocycles. The van der Waals surface area contributed by atoms with Crippen LogP contribution in [0.3, 0.4) is 0 Å². The van der Waals surface area contributed by atoms with Gasteiger partial charge in [-0.2, -0.15) is 0 Å². The van der Waals surface area contributed by atoms with Gasteiger partial charge in [0.1, 0.15) is 11.5 Å². The summed E-state index contributed by atoms with van der Waals surface area (Å²) in [6, 6.07) is 4.44. The van der Waals surface area contributed by atoms with Crippen LogP contribution in [0, 0.1) is 5.82 Å². The van der Waals surface area contributed by atoms with Crippen molar-refractivity contribution in [3.63, 3.8) is 0 Å². The summed E-state index contributed by atoms with van der Waals surface area (Å²) in [5, 5.41) is 0.412. The Bertz CT molecular complexity index is 949. The molecule has 140 valence electrons. The first-order chi connectivity index (χ1) is 12.8. The van der Waals surface area contributed by atoms with Gasteiger partial charge in [-0.3, -0.25) is 14.6 Å². The Morgan fingerprint density at radius 1 is 1.26 bits per heavy atom. The van der Waals surface area contributed by atoms with Crippen molar-refractivity contribution >= 4 is 28.6 Å². The molecule has 7 nitrogen and oxygen atoms in total. The van der Waals surface area contributed by atoms with Crippen LogP contribution in [0.15, 0.2) is 35.6 Å². The van der Waals surface area contributed by atoms with Gasteiger partial charge in [-0.1, -0.05) is 17.8 Å². The Kier molecular flexibility index (Phi) is 5.22. The predicted octanol–water partition coefficient (Wildman–Crippen LogP) is 1.81. The molecule has 1 aliphatic rings. The third-order valence-electron chi connectivity index (χ3n) is 4.37. The minimum Gasteiger partial charge on any atom is -0.379 e. The van der Waals surface area contributed by atoms with Gasteiger partial charge in [0.2, 0.25) is 0 Å². The van der Waals surface area contributed by atoms with Crippen LogP contribution in [0.1, 0.15) is 45.4 Å². The predicted molar refractivity (Wildman–Crippen MR) is 101 cm³/mol. The van der Waals surface area contributed by atoms with Crippen molar-refractivity contribution in [3.8, 4) is 0 Å². The molecule has 1 amide bonds. The van der Waals surface area contributed by atoms with E-state index in [2.05, 4.69) is 15.0 Å². The Morgan fingerprint density at radius 2 is 1.96 bits per heavy atom. The van der Waals surface area contributed by atoms with E-state index in [1.165, 1.54) is 36.3 Å². The second-order valence-electron chi connectivity index (χ2n) is 6.35. The van der Waals surface area contributed by atoms with Crippen LogP contribution in [0.4, 0.5) is 4.39 Å². The van der Waals surface area contributed by atoms with Crippen LogP contribution < -0.4 is 11.5 Å². The fraction of sp³-hybridized carbons (Fsp3) is 0.278. The van der Waals surface area contributed by atoms with E-state index in [-0.39, 0.29) is 17.8 Å². The Balaban J connectivity index is 1.93. The normalized spacial score (nSPS) is 19.4. The van der Waals surface area contributed by atoms with E-state index in [4.69, 9.17) is 11.5 Å². The molecule has 0 aliphatic carbocycles. The first kappa shape index (κ1) is 19.0. The smallest absolute Gasteiger partial charge is 0.269 e. The number of rotatable bonds is 5. The van der Waals surface area contributed by atoms with E-state index < -0.39 is 23.0 Å². The van der Waals surface area contributed by atoms with Crippen molar-refractivity contribution in [2.24, 2.45) is 16.5 Å². The summed E-state index contributed by atoms with van der Waals surface area (Å²) >= 11 is 1.43. The molecule has 2 aromatic rings. The summed E-state index contributed by atoms with van der Waals surface area (Å²) in [7, 11) is 0. The number of carbonyl (C=O) groups excluding carboxylic acids is 2. The van der Waals surface area contributed by atoms with Crippen molar-refractivity contribution in [3.05, 3.63) is 58.9 Å². The Labute approximate surface area is 159 Å². The lowest BCUT2D eigenvalue weighted by Crippen LogP contribution is -2.30. The standard InChI is InChI=1S/C18H18FN5O2S/c1-18(4-7-27-17(21)24-18)11-8-10(2-3-12(11)19)9-13(25)14-15(16(20)26)23-6-5-22-14/h2-3,5-6,8H,4,7,9H2,1H3,(H2,20,26)(H2,21,24)/t18-/m0/s1. The topological polar surface area (TPSA) is 124 Å². The number of primary amides is 1. The molecular weight excluding hydrogens is 369 g/mol. The molecule has 27 heavy (non-hydrogen) atoms. The van der Waals surface area contributed by atoms with Crippen molar-refractivity contribution in [2.45, 2.75) is 25.3 Å². The molecule has 0 spiro atoms. The van der Waals surface area contributed by atoms with Gasteiger partial charge >= 0.3 is 0 Å². The molecule has 2 heterocycles. The molecule has 0 saturated heterocycles. The number of aliphatic imine (C=N–C) groups is 1. The third-order valence-corrected chi connectivity index (χ3v) is 5.16. The number of hydrogen-bond acceptors (Lipinski definition) is 7. The minimum atomic E-state index is -0.830. The average molecular weight is 387 g/mol. The molecule has 0 saturated carbocycles. The fourth-order valence-electron chi connectivity index (χ4n) is 2.97. The number of amides is 1. The highest BCUT2D eigenvalue weighted by Crippen LogP contribution is 2.36. The highest BCUT2D eigenvalue weighted by atomic mass is 32.2. The van der Waals surface area contributed by atoms with Crippen molar-refractivity contribution < 1.29 is 14.0 Å². The Morgan fingerprint density at radius 3 is 2.63 bits per heavy atom. The van der Waals surface area contributed by atoms with Gasteiger partial charge in [-0.25, -0.2) is 14.4 Å². The number of carbonyl (C=O) groups is 2. The zero-order valence-corrected chi connectivity index (χ0v) is 15.4. The van der Waals surface area contributed by atoms with Crippen LogP contribution in [-0.4, -0.2) is 32.6 Å². The van der Waals surface area contributed by atoms with E-state index in [9.17, 15) is 14.0 Å². The quantitative estimate of drug-likeness (QED) is 0.754. The molecule has 0 unspecified atom stereocenters. The molecule has 4 N–H and O–H groups in total. The summed E-state index contributed by atoms with van der Waals surface area (Å²) in [5.74, 6) is -0.935. The third kappa shape index (κ3) is 3.97. The summed E-state index contributed by atoms with van der Waals surface area (Å²) in [4.78, 5) is 36.2. The van der Waals surface area contributed by atoms with Gasteiger partial charge in [-0.05, 0) is 31.0 Å². The summed E-state index contributed by atoms with van der Waals surface area (Å²) in [6.07, 6.45) is 3.16. The number of Topliss-reactive ketones (excluding diaryl/α,β-unsaturated/α-hetero) is 1. The molecule has 3 rings (SSSR count). The van der Waals surface area contributed by atoms with Gasteiger partial charge in [0.05, 0.1) is 5.54 Å². The number of amidine groups is 1. The number of hydrogen-bond donors (Lipinski definition) is 2. The van der Waals surface area contributed by atoms with Gasteiger partial charge in [-0.15, -0.1) is 0 Å². The monoisotopic (exact) mass is 387 g/mol. The number of nitrogens with zero attached hydrogens (tertiary/aromatic N) is 3.